The smallest absolute Gasteiger partial charge is 0.154 e. The number of nitrogens with zero attached hydrogens (tertiary/aromatic N) is 3. The SMILES string of the molecule is C=Nc1cc(C)nn1/C=C\C. The topological polar surface area (TPSA) is 30.2 Å². The monoisotopic (exact) mass is 149 g/mol. The Hall–Kier alpha value is -1.38. The molecule has 0 saturated carbocycles. The van der Waals surface area contributed by atoms with Crippen LogP contribution in [0.5, 0.6) is 0 Å². The predicted molar refractivity (Wildman–Crippen MR) is 47.2 cm³/mol. The largest absolute Gasteiger partial charge is 0.245 e. The van der Waals surface area contributed by atoms with Gasteiger partial charge in [-0.3, -0.25) is 0 Å². The predicted octanol–water partition coefficient (Wildman–Crippen LogP) is 2.01. The van der Waals surface area contributed by atoms with E-state index in [9.17, 15) is 0 Å². The molecule has 3 nitrogen and oxygen atoms in total. The zero-order valence-electron chi connectivity index (χ0n) is 6.78. The van der Waals surface area contributed by atoms with Crippen LogP contribution in [-0.4, -0.2) is 16.5 Å². The number of hydrogen-bond donors (Lipinski definition) is 0. The average Bonchev–Trinajstić information content (AvgIpc) is 2.32. The summed E-state index contributed by atoms with van der Waals surface area (Å²) in [6.07, 6.45) is 3.75. The molecule has 1 aromatic heterocycles. The highest BCUT2D eigenvalue weighted by Crippen LogP contribution is 2.12. The van der Waals surface area contributed by atoms with Gasteiger partial charge < -0.3 is 0 Å². The van der Waals surface area contributed by atoms with Gasteiger partial charge >= 0.3 is 0 Å². The molecule has 0 aromatic carbocycles. The molecule has 0 N–H and O–H groups in total. The molecule has 0 spiro atoms. The summed E-state index contributed by atoms with van der Waals surface area (Å²) >= 11 is 0. The quantitative estimate of drug-likeness (QED) is 0.591. The number of aromatic nitrogens is 2. The summed E-state index contributed by atoms with van der Waals surface area (Å²) in [5, 5.41) is 4.17. The van der Waals surface area contributed by atoms with Crippen molar-refractivity contribution in [2.45, 2.75) is 13.8 Å². The lowest BCUT2D eigenvalue weighted by Crippen LogP contribution is -1.87. The molecule has 1 rings (SSSR count). The summed E-state index contributed by atoms with van der Waals surface area (Å²) in [7, 11) is 0. The van der Waals surface area contributed by atoms with Crippen molar-refractivity contribution in [1.29, 1.82) is 0 Å². The number of hydrogen-bond acceptors (Lipinski definition) is 2. The molecule has 0 radical (unpaired) electrons. The molecule has 0 bridgehead atoms. The third kappa shape index (κ3) is 1.55. The summed E-state index contributed by atoms with van der Waals surface area (Å²) in [5.74, 6) is 0.778. The van der Waals surface area contributed by atoms with Gasteiger partial charge in [-0.15, -0.1) is 0 Å². The highest BCUT2D eigenvalue weighted by molar-refractivity contribution is 5.45. The maximum atomic E-state index is 4.17. The Morgan fingerprint density at radius 1 is 1.73 bits per heavy atom. The third-order valence-corrected chi connectivity index (χ3v) is 1.29. The fourth-order valence-electron chi connectivity index (χ4n) is 0.872. The van der Waals surface area contributed by atoms with Crippen molar-refractivity contribution >= 4 is 18.7 Å². The van der Waals surface area contributed by atoms with Gasteiger partial charge in [-0.1, -0.05) is 6.08 Å². The van der Waals surface area contributed by atoms with E-state index in [1.807, 2.05) is 32.2 Å². The minimum atomic E-state index is 0.778. The Kier molecular flexibility index (Phi) is 2.21. The molecule has 0 atom stereocenters. The highest BCUT2D eigenvalue weighted by Gasteiger charge is 1.97. The fraction of sp³-hybridized carbons (Fsp3) is 0.250. The van der Waals surface area contributed by atoms with Crippen LogP contribution in [0.3, 0.4) is 0 Å². The van der Waals surface area contributed by atoms with E-state index in [0.29, 0.717) is 0 Å². The summed E-state index contributed by atoms with van der Waals surface area (Å²) in [4.78, 5) is 3.81. The fourth-order valence-corrected chi connectivity index (χ4v) is 0.872. The average molecular weight is 149 g/mol. The van der Waals surface area contributed by atoms with Crippen LogP contribution < -0.4 is 0 Å². The van der Waals surface area contributed by atoms with Gasteiger partial charge in [-0.2, -0.15) is 5.10 Å². The first-order chi connectivity index (χ1) is 5.27. The lowest BCUT2D eigenvalue weighted by Gasteiger charge is -1.92. The van der Waals surface area contributed by atoms with Gasteiger partial charge in [0.2, 0.25) is 0 Å². The first-order valence-corrected chi connectivity index (χ1v) is 3.43. The zero-order chi connectivity index (χ0) is 8.27. The molecule has 0 aliphatic carbocycles. The molecule has 1 aromatic rings. The summed E-state index contributed by atoms with van der Waals surface area (Å²) in [6.45, 7) is 7.30. The number of allylic oxidation sites excluding steroid dienone is 1. The van der Waals surface area contributed by atoms with Gasteiger partial charge in [0.05, 0.1) is 5.69 Å². The van der Waals surface area contributed by atoms with E-state index in [0.717, 1.165) is 11.5 Å². The van der Waals surface area contributed by atoms with Crippen LogP contribution >= 0.6 is 0 Å². The van der Waals surface area contributed by atoms with E-state index in [-0.39, 0.29) is 0 Å². The normalized spacial score (nSPS) is 10.7. The third-order valence-electron chi connectivity index (χ3n) is 1.29. The molecule has 0 aliphatic heterocycles. The second-order valence-corrected chi connectivity index (χ2v) is 2.23. The van der Waals surface area contributed by atoms with Gasteiger partial charge in [0.15, 0.2) is 5.82 Å². The molecular weight excluding hydrogens is 138 g/mol. The van der Waals surface area contributed by atoms with Gasteiger partial charge in [-0.25, -0.2) is 9.67 Å². The van der Waals surface area contributed by atoms with E-state index in [2.05, 4.69) is 16.8 Å². The van der Waals surface area contributed by atoms with Crippen molar-refractivity contribution in [2.24, 2.45) is 4.99 Å². The van der Waals surface area contributed by atoms with Crippen molar-refractivity contribution in [3.63, 3.8) is 0 Å². The Labute approximate surface area is 66.1 Å². The van der Waals surface area contributed by atoms with Gasteiger partial charge in [-0.05, 0) is 20.6 Å². The highest BCUT2D eigenvalue weighted by atomic mass is 15.3. The number of rotatable bonds is 2. The summed E-state index contributed by atoms with van der Waals surface area (Å²) < 4.78 is 1.70. The number of aryl methyl sites for hydroxylation is 1. The van der Waals surface area contributed by atoms with Gasteiger partial charge in [0, 0.05) is 12.3 Å². The second-order valence-electron chi connectivity index (χ2n) is 2.23. The molecular formula is C8H11N3. The van der Waals surface area contributed by atoms with Crippen molar-refractivity contribution in [3.8, 4) is 0 Å². The van der Waals surface area contributed by atoms with Crippen LogP contribution in [0.15, 0.2) is 17.1 Å². The van der Waals surface area contributed by atoms with Gasteiger partial charge in [0.25, 0.3) is 0 Å². The van der Waals surface area contributed by atoms with Crippen LogP contribution in [0.25, 0.3) is 6.20 Å². The molecule has 0 unspecified atom stereocenters. The van der Waals surface area contributed by atoms with Crippen LogP contribution in [0.2, 0.25) is 0 Å². The van der Waals surface area contributed by atoms with Crippen LogP contribution in [-0.2, 0) is 0 Å². The first-order valence-electron chi connectivity index (χ1n) is 3.43. The maximum absolute atomic E-state index is 4.17. The second kappa shape index (κ2) is 3.14. The van der Waals surface area contributed by atoms with E-state index in [1.165, 1.54) is 0 Å². The molecule has 1 heterocycles. The molecule has 3 heteroatoms. The van der Waals surface area contributed by atoms with E-state index >= 15 is 0 Å². The summed E-state index contributed by atoms with van der Waals surface area (Å²) in [5.41, 5.74) is 0.950. The minimum Gasteiger partial charge on any atom is -0.245 e. The Bertz CT molecular complexity index is 284. The van der Waals surface area contributed by atoms with Crippen molar-refractivity contribution < 1.29 is 0 Å². The van der Waals surface area contributed by atoms with Crippen LogP contribution in [0.1, 0.15) is 12.6 Å². The van der Waals surface area contributed by atoms with E-state index in [4.69, 9.17) is 0 Å². The first kappa shape index (κ1) is 7.72. The molecule has 11 heavy (non-hydrogen) atoms. The van der Waals surface area contributed by atoms with Crippen LogP contribution in [0, 0.1) is 6.92 Å². The lowest BCUT2D eigenvalue weighted by atomic mass is 10.5. The molecule has 0 fully saturated rings. The van der Waals surface area contributed by atoms with Crippen molar-refractivity contribution in [3.05, 3.63) is 17.8 Å². The molecule has 58 valence electrons. The van der Waals surface area contributed by atoms with Gasteiger partial charge in [0.1, 0.15) is 0 Å². The molecule has 0 aliphatic rings. The van der Waals surface area contributed by atoms with E-state index < -0.39 is 0 Å². The molecule has 0 saturated heterocycles. The standard InChI is InChI=1S/C8H11N3/c1-4-5-11-8(9-3)6-7(2)10-11/h4-6H,3H2,1-2H3/b5-4-. The van der Waals surface area contributed by atoms with E-state index in [1.54, 1.807) is 4.68 Å². The summed E-state index contributed by atoms with van der Waals surface area (Å²) in [6, 6.07) is 1.88. The Morgan fingerprint density at radius 2 is 2.45 bits per heavy atom. The van der Waals surface area contributed by atoms with Crippen molar-refractivity contribution in [1.82, 2.24) is 9.78 Å². The van der Waals surface area contributed by atoms with Crippen LogP contribution in [0.4, 0.5) is 5.82 Å². The maximum Gasteiger partial charge on any atom is 0.154 e. The zero-order valence-corrected chi connectivity index (χ0v) is 6.78. The Morgan fingerprint density at radius 3 is 3.00 bits per heavy atom. The Balaban J connectivity index is 3.11. The van der Waals surface area contributed by atoms with Crippen molar-refractivity contribution in [2.75, 3.05) is 0 Å². The molecule has 0 amide bonds. The number of aliphatic imine (C=N–C) groups is 1. The minimum absolute atomic E-state index is 0.778. The lowest BCUT2D eigenvalue weighted by molar-refractivity contribution is 0.911.